The first kappa shape index (κ1) is 17.7. The fourth-order valence-corrected chi connectivity index (χ4v) is 2.20. The van der Waals surface area contributed by atoms with Gasteiger partial charge in [0.1, 0.15) is 5.76 Å². The summed E-state index contributed by atoms with van der Waals surface area (Å²) in [6, 6.07) is 11.2. The first-order valence-corrected chi connectivity index (χ1v) is 7.86. The third-order valence-electron chi connectivity index (χ3n) is 3.50. The summed E-state index contributed by atoms with van der Waals surface area (Å²) in [5.41, 5.74) is 1.75. The molecule has 0 aliphatic rings. The number of hydrogen-bond acceptors (Lipinski definition) is 4. The maximum absolute atomic E-state index is 11.9. The van der Waals surface area contributed by atoms with E-state index in [4.69, 9.17) is 4.42 Å². The Labute approximate surface area is 141 Å². The average molecular weight is 329 g/mol. The normalized spacial score (nSPS) is 10.4. The number of benzene rings is 1. The predicted molar refractivity (Wildman–Crippen MR) is 92.5 cm³/mol. The van der Waals surface area contributed by atoms with Crippen LogP contribution in [-0.2, 0) is 22.6 Å². The van der Waals surface area contributed by atoms with Crippen LogP contribution in [0.4, 0.5) is 5.69 Å². The van der Waals surface area contributed by atoms with Crippen LogP contribution in [0.15, 0.2) is 47.1 Å². The second-order valence-corrected chi connectivity index (χ2v) is 5.72. The fraction of sp³-hybridized carbons (Fsp3) is 0.333. The highest BCUT2D eigenvalue weighted by Gasteiger charge is 2.06. The molecule has 2 amide bonds. The first-order valence-electron chi connectivity index (χ1n) is 7.86. The third kappa shape index (κ3) is 5.89. The molecule has 0 saturated heterocycles. The lowest BCUT2D eigenvalue weighted by atomic mass is 10.1. The number of anilines is 1. The van der Waals surface area contributed by atoms with Gasteiger partial charge < -0.3 is 20.0 Å². The summed E-state index contributed by atoms with van der Waals surface area (Å²) < 4.78 is 5.19. The quantitative estimate of drug-likeness (QED) is 0.777. The molecule has 128 valence electrons. The van der Waals surface area contributed by atoms with Crippen LogP contribution in [0.1, 0.15) is 17.7 Å². The van der Waals surface area contributed by atoms with Crippen LogP contribution in [0, 0.1) is 0 Å². The highest BCUT2D eigenvalue weighted by Crippen LogP contribution is 2.12. The number of carbonyl (C=O) groups is 2. The molecule has 0 aliphatic heterocycles. The summed E-state index contributed by atoms with van der Waals surface area (Å²) >= 11 is 0. The van der Waals surface area contributed by atoms with Crippen LogP contribution >= 0.6 is 0 Å². The van der Waals surface area contributed by atoms with Crippen molar-refractivity contribution in [3.8, 4) is 0 Å². The van der Waals surface area contributed by atoms with Crippen molar-refractivity contribution < 1.29 is 14.0 Å². The van der Waals surface area contributed by atoms with Crippen LogP contribution in [0.2, 0.25) is 0 Å². The lowest BCUT2D eigenvalue weighted by Crippen LogP contribution is -2.27. The van der Waals surface area contributed by atoms with Gasteiger partial charge in [-0.15, -0.1) is 0 Å². The van der Waals surface area contributed by atoms with Gasteiger partial charge in [-0.25, -0.2) is 0 Å². The summed E-state index contributed by atoms with van der Waals surface area (Å²) in [7, 11) is 3.49. The average Bonchev–Trinajstić information content (AvgIpc) is 3.06. The molecular formula is C18H23N3O3. The molecule has 0 atom stereocenters. The molecule has 0 fully saturated rings. The number of rotatable bonds is 8. The first-order chi connectivity index (χ1) is 11.5. The Hall–Kier alpha value is -2.60. The maximum Gasteiger partial charge on any atom is 0.238 e. The van der Waals surface area contributed by atoms with Gasteiger partial charge in [0, 0.05) is 26.2 Å². The van der Waals surface area contributed by atoms with Gasteiger partial charge in [-0.3, -0.25) is 9.59 Å². The molecule has 6 heteroatoms. The van der Waals surface area contributed by atoms with Crippen molar-refractivity contribution in [2.45, 2.75) is 19.4 Å². The van der Waals surface area contributed by atoms with Gasteiger partial charge in [0.2, 0.25) is 11.8 Å². The van der Waals surface area contributed by atoms with E-state index < -0.39 is 0 Å². The third-order valence-corrected chi connectivity index (χ3v) is 3.50. The SMILES string of the molecule is CN(C)C(=O)CCc1cccc(NC(=O)CNCc2ccco2)c1. The van der Waals surface area contributed by atoms with E-state index >= 15 is 0 Å². The summed E-state index contributed by atoms with van der Waals surface area (Å²) in [5.74, 6) is 0.755. The highest BCUT2D eigenvalue weighted by molar-refractivity contribution is 5.92. The number of furan rings is 1. The van der Waals surface area contributed by atoms with E-state index in [2.05, 4.69) is 10.6 Å². The minimum atomic E-state index is -0.122. The highest BCUT2D eigenvalue weighted by atomic mass is 16.3. The molecule has 2 rings (SSSR count). The zero-order valence-electron chi connectivity index (χ0n) is 14.0. The zero-order chi connectivity index (χ0) is 17.4. The molecule has 0 bridgehead atoms. The Morgan fingerprint density at radius 1 is 1.17 bits per heavy atom. The largest absolute Gasteiger partial charge is 0.468 e. The summed E-state index contributed by atoms with van der Waals surface area (Å²) in [4.78, 5) is 25.2. The predicted octanol–water partition coefficient (Wildman–Crippen LogP) is 2.03. The lowest BCUT2D eigenvalue weighted by Gasteiger charge is -2.11. The molecule has 0 saturated carbocycles. The van der Waals surface area contributed by atoms with E-state index in [1.54, 1.807) is 25.3 Å². The van der Waals surface area contributed by atoms with Crippen molar-refractivity contribution in [1.29, 1.82) is 0 Å². The number of carbonyl (C=O) groups excluding carboxylic acids is 2. The van der Waals surface area contributed by atoms with Gasteiger partial charge in [-0.05, 0) is 36.2 Å². The van der Waals surface area contributed by atoms with Crippen LogP contribution in [-0.4, -0.2) is 37.4 Å². The van der Waals surface area contributed by atoms with Crippen molar-refractivity contribution >= 4 is 17.5 Å². The summed E-state index contributed by atoms with van der Waals surface area (Å²) in [6.45, 7) is 0.706. The van der Waals surface area contributed by atoms with Crippen LogP contribution in [0.25, 0.3) is 0 Å². The number of amides is 2. The van der Waals surface area contributed by atoms with E-state index in [1.165, 1.54) is 0 Å². The standard InChI is InChI=1S/C18H23N3O3/c1-21(2)18(23)9-8-14-5-3-6-15(11-14)20-17(22)13-19-12-16-7-4-10-24-16/h3-7,10-11,19H,8-9,12-13H2,1-2H3,(H,20,22). The molecule has 2 aromatic rings. The van der Waals surface area contributed by atoms with Crippen molar-refractivity contribution in [3.05, 3.63) is 54.0 Å². The smallest absolute Gasteiger partial charge is 0.238 e. The second kappa shape index (κ2) is 8.88. The van der Waals surface area contributed by atoms with E-state index in [-0.39, 0.29) is 18.4 Å². The molecule has 24 heavy (non-hydrogen) atoms. The molecule has 0 radical (unpaired) electrons. The topological polar surface area (TPSA) is 74.6 Å². The van der Waals surface area contributed by atoms with Gasteiger partial charge in [0.05, 0.1) is 19.4 Å². The van der Waals surface area contributed by atoms with E-state index in [1.807, 2.05) is 36.4 Å². The maximum atomic E-state index is 11.9. The van der Waals surface area contributed by atoms with Gasteiger partial charge in [0.25, 0.3) is 0 Å². The zero-order valence-corrected chi connectivity index (χ0v) is 14.0. The Bertz CT molecular complexity index is 666. The molecule has 0 aliphatic carbocycles. The lowest BCUT2D eigenvalue weighted by molar-refractivity contribution is -0.128. The number of nitrogens with zero attached hydrogens (tertiary/aromatic N) is 1. The Kier molecular flexibility index (Phi) is 6.57. The van der Waals surface area contributed by atoms with Gasteiger partial charge in [-0.1, -0.05) is 12.1 Å². The van der Waals surface area contributed by atoms with Gasteiger partial charge in [-0.2, -0.15) is 0 Å². The van der Waals surface area contributed by atoms with E-state index in [0.717, 1.165) is 17.0 Å². The van der Waals surface area contributed by atoms with Crippen molar-refractivity contribution in [2.75, 3.05) is 26.0 Å². The molecule has 0 spiro atoms. The monoisotopic (exact) mass is 329 g/mol. The van der Waals surface area contributed by atoms with Crippen LogP contribution < -0.4 is 10.6 Å². The molecule has 6 nitrogen and oxygen atoms in total. The fourth-order valence-electron chi connectivity index (χ4n) is 2.20. The Morgan fingerprint density at radius 3 is 2.71 bits per heavy atom. The molecule has 1 heterocycles. The molecular weight excluding hydrogens is 306 g/mol. The Balaban J connectivity index is 1.78. The number of aryl methyl sites for hydroxylation is 1. The number of hydrogen-bond donors (Lipinski definition) is 2. The van der Waals surface area contributed by atoms with Crippen LogP contribution in [0.3, 0.4) is 0 Å². The number of nitrogens with one attached hydrogen (secondary N) is 2. The molecule has 1 aromatic heterocycles. The minimum absolute atomic E-state index is 0.0894. The molecule has 2 N–H and O–H groups in total. The molecule has 0 unspecified atom stereocenters. The van der Waals surface area contributed by atoms with E-state index in [0.29, 0.717) is 19.4 Å². The summed E-state index contributed by atoms with van der Waals surface area (Å²) in [6.07, 6.45) is 2.70. The van der Waals surface area contributed by atoms with Crippen molar-refractivity contribution in [1.82, 2.24) is 10.2 Å². The molecule has 1 aromatic carbocycles. The minimum Gasteiger partial charge on any atom is -0.468 e. The summed E-state index contributed by atoms with van der Waals surface area (Å²) in [5, 5.41) is 5.86. The van der Waals surface area contributed by atoms with Crippen molar-refractivity contribution in [3.63, 3.8) is 0 Å². The van der Waals surface area contributed by atoms with Crippen molar-refractivity contribution in [2.24, 2.45) is 0 Å². The Morgan fingerprint density at radius 2 is 2.00 bits per heavy atom. The van der Waals surface area contributed by atoms with Crippen LogP contribution in [0.5, 0.6) is 0 Å². The van der Waals surface area contributed by atoms with E-state index in [9.17, 15) is 9.59 Å². The second-order valence-electron chi connectivity index (χ2n) is 5.72. The van der Waals surface area contributed by atoms with Gasteiger partial charge >= 0.3 is 0 Å². The van der Waals surface area contributed by atoms with Gasteiger partial charge in [0.15, 0.2) is 0 Å².